The maximum Gasteiger partial charge on any atom is 0.251 e. The molecule has 2 N–H and O–H groups in total. The van der Waals surface area contributed by atoms with Crippen LogP contribution in [0.1, 0.15) is 27.3 Å². The predicted molar refractivity (Wildman–Crippen MR) is 123 cm³/mol. The Bertz CT molecular complexity index is 1200. The van der Waals surface area contributed by atoms with Crippen molar-refractivity contribution in [3.05, 3.63) is 83.2 Å². The second kappa shape index (κ2) is 9.91. The number of carbonyl (C=O) groups is 1. The average Bonchev–Trinajstić information content (AvgIpc) is 3.22. The van der Waals surface area contributed by atoms with E-state index in [2.05, 4.69) is 38.1 Å². The largest absolute Gasteiger partial charge is 0.497 e. The van der Waals surface area contributed by atoms with Gasteiger partial charge in [0.1, 0.15) is 11.6 Å². The van der Waals surface area contributed by atoms with Gasteiger partial charge in [-0.2, -0.15) is 4.52 Å². The second-order valence-electron chi connectivity index (χ2n) is 7.51. The van der Waals surface area contributed by atoms with Gasteiger partial charge < -0.3 is 15.4 Å². The van der Waals surface area contributed by atoms with Crippen LogP contribution < -0.4 is 15.4 Å². The summed E-state index contributed by atoms with van der Waals surface area (Å²) in [6.07, 6.45) is 1.39. The average molecular weight is 431 g/mol. The third-order valence-electron chi connectivity index (χ3n) is 5.12. The van der Waals surface area contributed by atoms with E-state index >= 15 is 0 Å². The molecule has 2 heterocycles. The number of ether oxygens (including phenoxy) is 1. The first kappa shape index (κ1) is 21.3. The Balaban J connectivity index is 1.33. The van der Waals surface area contributed by atoms with E-state index in [-0.39, 0.29) is 5.91 Å². The molecule has 0 aliphatic rings. The smallest absolute Gasteiger partial charge is 0.251 e. The van der Waals surface area contributed by atoms with E-state index in [1.54, 1.807) is 17.7 Å². The first-order valence-electron chi connectivity index (χ1n) is 10.6. The first-order chi connectivity index (χ1) is 15.6. The lowest BCUT2D eigenvalue weighted by Crippen LogP contribution is -2.26. The Kier molecular flexibility index (Phi) is 6.60. The van der Waals surface area contributed by atoms with E-state index in [1.807, 2.05) is 49.4 Å². The van der Waals surface area contributed by atoms with E-state index < -0.39 is 0 Å². The number of hydrogen-bond acceptors (Lipinski definition) is 6. The molecule has 0 unspecified atom stereocenters. The van der Waals surface area contributed by atoms with Gasteiger partial charge in [-0.05, 0) is 55.3 Å². The molecule has 32 heavy (non-hydrogen) atoms. The summed E-state index contributed by atoms with van der Waals surface area (Å²) < 4.78 is 6.91. The summed E-state index contributed by atoms with van der Waals surface area (Å²) >= 11 is 0. The summed E-state index contributed by atoms with van der Waals surface area (Å²) in [5.74, 6) is 2.19. The van der Waals surface area contributed by atoms with Crippen LogP contribution in [-0.4, -0.2) is 45.9 Å². The molecule has 0 atom stereocenters. The fourth-order valence-electron chi connectivity index (χ4n) is 3.39. The van der Waals surface area contributed by atoms with Crippen LogP contribution in [0.15, 0.2) is 60.7 Å². The van der Waals surface area contributed by atoms with Gasteiger partial charge in [0.2, 0.25) is 0 Å². The Morgan fingerprint density at radius 3 is 2.62 bits per heavy atom. The van der Waals surface area contributed by atoms with E-state index in [4.69, 9.17) is 4.74 Å². The molecule has 2 aromatic heterocycles. The Morgan fingerprint density at radius 1 is 1.00 bits per heavy atom. The van der Waals surface area contributed by atoms with E-state index in [9.17, 15) is 4.79 Å². The van der Waals surface area contributed by atoms with Gasteiger partial charge >= 0.3 is 0 Å². The molecule has 4 rings (SSSR count). The molecule has 0 radical (unpaired) electrons. The predicted octanol–water partition coefficient (Wildman–Crippen LogP) is 3.07. The number of nitrogens with zero attached hydrogens (tertiary/aromatic N) is 4. The van der Waals surface area contributed by atoms with Crippen molar-refractivity contribution in [3.8, 4) is 5.75 Å². The number of hydrogen-bond donors (Lipinski definition) is 2. The monoisotopic (exact) mass is 430 g/mol. The zero-order valence-corrected chi connectivity index (χ0v) is 18.2. The minimum absolute atomic E-state index is 0.101. The van der Waals surface area contributed by atoms with Crippen LogP contribution in [0.2, 0.25) is 0 Å². The topological polar surface area (TPSA) is 93.4 Å². The number of amides is 1. The van der Waals surface area contributed by atoms with Gasteiger partial charge in [0.25, 0.3) is 5.91 Å². The van der Waals surface area contributed by atoms with E-state index in [0.29, 0.717) is 30.0 Å². The number of benzene rings is 2. The Morgan fingerprint density at radius 2 is 1.84 bits per heavy atom. The molecule has 0 bridgehead atoms. The molecule has 0 aliphatic carbocycles. The summed E-state index contributed by atoms with van der Waals surface area (Å²) in [5, 5.41) is 19.3. The molecular weight excluding hydrogens is 404 g/mol. The van der Waals surface area contributed by atoms with E-state index in [1.165, 1.54) is 5.56 Å². The lowest BCUT2D eigenvalue weighted by Gasteiger charge is -2.08. The van der Waals surface area contributed by atoms with Crippen LogP contribution in [0.3, 0.4) is 0 Å². The SMILES string of the molecule is COc1ccc(CCNc2ccc3nnc(CCNC(=O)c4cccc(C)c4)n3n2)cc1. The summed E-state index contributed by atoms with van der Waals surface area (Å²) in [6.45, 7) is 3.16. The van der Waals surface area contributed by atoms with Gasteiger partial charge in [0.05, 0.1) is 7.11 Å². The van der Waals surface area contributed by atoms with Crippen LogP contribution in [0.25, 0.3) is 5.65 Å². The zero-order chi connectivity index (χ0) is 22.3. The molecule has 0 saturated heterocycles. The summed E-state index contributed by atoms with van der Waals surface area (Å²) in [6, 6.07) is 19.3. The Labute approximate surface area is 186 Å². The molecule has 1 amide bonds. The van der Waals surface area contributed by atoms with Gasteiger partial charge in [-0.15, -0.1) is 15.3 Å². The number of carbonyl (C=O) groups excluding carboxylic acids is 1. The van der Waals surface area contributed by atoms with Crippen molar-refractivity contribution in [2.45, 2.75) is 19.8 Å². The fraction of sp³-hybridized carbons (Fsp3) is 0.250. The van der Waals surface area contributed by atoms with Crippen LogP contribution >= 0.6 is 0 Å². The van der Waals surface area contributed by atoms with Crippen molar-refractivity contribution in [1.29, 1.82) is 0 Å². The van der Waals surface area contributed by atoms with Gasteiger partial charge in [0.15, 0.2) is 11.5 Å². The van der Waals surface area contributed by atoms with E-state index in [0.717, 1.165) is 30.1 Å². The van der Waals surface area contributed by atoms with Gasteiger partial charge in [-0.3, -0.25) is 4.79 Å². The number of methoxy groups -OCH3 is 1. The van der Waals surface area contributed by atoms with Crippen LogP contribution in [0.5, 0.6) is 5.75 Å². The number of rotatable bonds is 9. The van der Waals surface area contributed by atoms with Crippen molar-refractivity contribution in [3.63, 3.8) is 0 Å². The van der Waals surface area contributed by atoms with Crippen molar-refractivity contribution in [2.75, 3.05) is 25.5 Å². The maximum absolute atomic E-state index is 12.3. The molecule has 0 saturated carbocycles. The number of fused-ring (bicyclic) bond motifs is 1. The van der Waals surface area contributed by atoms with Crippen molar-refractivity contribution >= 4 is 17.4 Å². The summed E-state index contributed by atoms with van der Waals surface area (Å²) in [5.41, 5.74) is 3.59. The standard InChI is InChI=1S/C24H26N6O2/c1-17-4-3-5-19(16-17)24(31)26-15-13-23-28-27-22-11-10-21(29-30(22)23)25-14-12-18-6-8-20(32-2)9-7-18/h3-11,16H,12-15H2,1-2H3,(H,25,29)(H,26,31). The Hall–Kier alpha value is -3.94. The van der Waals surface area contributed by atoms with Crippen molar-refractivity contribution < 1.29 is 9.53 Å². The first-order valence-corrected chi connectivity index (χ1v) is 10.6. The fourth-order valence-corrected chi connectivity index (χ4v) is 3.39. The molecule has 8 nitrogen and oxygen atoms in total. The number of anilines is 1. The molecule has 164 valence electrons. The van der Waals surface area contributed by atoms with Gasteiger partial charge in [-0.25, -0.2) is 0 Å². The molecule has 0 fully saturated rings. The summed E-state index contributed by atoms with van der Waals surface area (Å²) in [4.78, 5) is 12.3. The number of aryl methyl sites for hydroxylation is 1. The minimum atomic E-state index is -0.101. The third kappa shape index (κ3) is 5.21. The molecule has 2 aromatic carbocycles. The highest BCUT2D eigenvalue weighted by atomic mass is 16.5. The molecule has 4 aromatic rings. The molecule has 0 spiro atoms. The highest BCUT2D eigenvalue weighted by molar-refractivity contribution is 5.94. The normalized spacial score (nSPS) is 10.8. The molecular formula is C24H26N6O2. The quantitative estimate of drug-likeness (QED) is 0.424. The van der Waals surface area contributed by atoms with Gasteiger partial charge in [0, 0.05) is 25.1 Å². The zero-order valence-electron chi connectivity index (χ0n) is 18.2. The number of aromatic nitrogens is 4. The summed E-state index contributed by atoms with van der Waals surface area (Å²) in [7, 11) is 1.66. The minimum Gasteiger partial charge on any atom is -0.497 e. The highest BCUT2D eigenvalue weighted by Crippen LogP contribution is 2.12. The lowest BCUT2D eigenvalue weighted by molar-refractivity contribution is 0.0954. The van der Waals surface area contributed by atoms with Crippen molar-refractivity contribution in [2.24, 2.45) is 0 Å². The third-order valence-corrected chi connectivity index (χ3v) is 5.12. The second-order valence-corrected chi connectivity index (χ2v) is 7.51. The van der Waals surface area contributed by atoms with Crippen molar-refractivity contribution in [1.82, 2.24) is 25.1 Å². The molecule has 0 aliphatic heterocycles. The van der Waals surface area contributed by atoms with Gasteiger partial charge in [-0.1, -0.05) is 29.8 Å². The lowest BCUT2D eigenvalue weighted by atomic mass is 10.1. The van der Waals surface area contributed by atoms with Crippen LogP contribution in [-0.2, 0) is 12.8 Å². The highest BCUT2D eigenvalue weighted by Gasteiger charge is 2.10. The van der Waals surface area contributed by atoms with Crippen LogP contribution in [0.4, 0.5) is 5.82 Å². The maximum atomic E-state index is 12.3. The number of nitrogens with one attached hydrogen (secondary N) is 2. The van der Waals surface area contributed by atoms with Crippen LogP contribution in [0, 0.1) is 6.92 Å². The molecule has 8 heteroatoms.